The summed E-state index contributed by atoms with van der Waals surface area (Å²) in [4.78, 5) is 40.3. The molecule has 0 saturated heterocycles. The first kappa shape index (κ1) is 22.4. The quantitative estimate of drug-likeness (QED) is 0.723. The van der Waals surface area contributed by atoms with E-state index in [1.807, 2.05) is 0 Å². The van der Waals surface area contributed by atoms with Crippen molar-refractivity contribution in [1.29, 1.82) is 0 Å². The Morgan fingerprint density at radius 1 is 0.970 bits per heavy atom. The number of nitrogens with zero attached hydrogens (tertiary/aromatic N) is 1. The average Bonchev–Trinajstić information content (AvgIpc) is 2.82. The molecule has 1 unspecified atom stereocenters. The molecule has 2 N–H and O–H groups in total. The van der Waals surface area contributed by atoms with Crippen LogP contribution in [0.4, 0.5) is 5.69 Å². The van der Waals surface area contributed by atoms with E-state index in [1.54, 1.807) is 36.4 Å². The van der Waals surface area contributed by atoms with E-state index >= 15 is 0 Å². The summed E-state index contributed by atoms with van der Waals surface area (Å²) >= 11 is 0. The van der Waals surface area contributed by atoms with Gasteiger partial charge in [-0.1, -0.05) is 12.1 Å². The number of para-hydroxylation sites is 1. The van der Waals surface area contributed by atoms with Crippen LogP contribution in [-0.4, -0.2) is 38.9 Å². The molecule has 33 heavy (non-hydrogen) atoms. The number of carbonyl (C=O) groups is 3. The van der Waals surface area contributed by atoms with Crippen LogP contribution in [0, 0.1) is 0 Å². The van der Waals surface area contributed by atoms with Crippen molar-refractivity contribution in [3.8, 4) is 17.2 Å². The third-order valence-corrected chi connectivity index (χ3v) is 6.20. The molecule has 8 heteroatoms. The molecule has 2 aromatic rings. The average molecular weight is 450 g/mol. The Morgan fingerprint density at radius 2 is 1.64 bits per heavy atom. The Kier molecular flexibility index (Phi) is 6.09. The van der Waals surface area contributed by atoms with Crippen molar-refractivity contribution >= 4 is 23.3 Å². The van der Waals surface area contributed by atoms with Gasteiger partial charge in [-0.05, 0) is 31.0 Å². The molecule has 0 bridgehead atoms. The predicted octanol–water partition coefficient (Wildman–Crippen LogP) is 3.34. The second-order valence-electron chi connectivity index (χ2n) is 7.95. The summed E-state index contributed by atoms with van der Waals surface area (Å²) in [5.74, 6) is 0.0836. The smallest absolute Gasteiger partial charge is 0.250 e. The molecular formula is C25H26N2O6. The Hall–Kier alpha value is -3.81. The normalized spacial score (nSPS) is 18.2. The topological polar surface area (TPSA) is 108 Å². The first-order valence-corrected chi connectivity index (χ1v) is 10.7. The number of methoxy groups -OCH3 is 3. The van der Waals surface area contributed by atoms with Crippen molar-refractivity contribution in [1.82, 2.24) is 0 Å². The Morgan fingerprint density at radius 3 is 2.30 bits per heavy atom. The summed E-state index contributed by atoms with van der Waals surface area (Å²) in [5, 5.41) is 0. The number of anilines is 1. The van der Waals surface area contributed by atoms with Gasteiger partial charge in [-0.2, -0.15) is 0 Å². The van der Waals surface area contributed by atoms with Gasteiger partial charge in [-0.15, -0.1) is 0 Å². The number of amides is 2. The second-order valence-corrected chi connectivity index (χ2v) is 7.95. The van der Waals surface area contributed by atoms with Gasteiger partial charge >= 0.3 is 0 Å². The van der Waals surface area contributed by atoms with Crippen molar-refractivity contribution in [2.75, 3.05) is 26.2 Å². The molecule has 2 aliphatic rings. The fourth-order valence-electron chi connectivity index (χ4n) is 4.74. The lowest BCUT2D eigenvalue weighted by Crippen LogP contribution is -2.41. The van der Waals surface area contributed by atoms with Gasteiger partial charge in [-0.3, -0.25) is 19.3 Å². The Balaban J connectivity index is 1.93. The molecule has 2 amide bonds. The van der Waals surface area contributed by atoms with Crippen LogP contribution in [-0.2, 0) is 9.59 Å². The van der Waals surface area contributed by atoms with Crippen LogP contribution in [0.5, 0.6) is 17.2 Å². The molecule has 1 atom stereocenters. The van der Waals surface area contributed by atoms with Crippen LogP contribution in [0.25, 0.3) is 0 Å². The summed E-state index contributed by atoms with van der Waals surface area (Å²) in [6.07, 6.45) is 1.58. The summed E-state index contributed by atoms with van der Waals surface area (Å²) in [6, 6.07) is 10.1. The van der Waals surface area contributed by atoms with Crippen LogP contribution in [0.1, 0.15) is 47.5 Å². The second kappa shape index (κ2) is 8.97. The lowest BCUT2D eigenvalue weighted by atomic mass is 9.76. The zero-order chi connectivity index (χ0) is 23.7. The first-order chi connectivity index (χ1) is 15.9. The highest BCUT2D eigenvalue weighted by atomic mass is 16.5. The number of nitrogens with two attached hydrogens (primary N) is 1. The van der Waals surface area contributed by atoms with Crippen molar-refractivity contribution in [3.63, 3.8) is 0 Å². The fraction of sp³-hybridized carbons (Fsp3) is 0.320. The van der Waals surface area contributed by atoms with Gasteiger partial charge in [0, 0.05) is 41.7 Å². The maximum Gasteiger partial charge on any atom is 0.250 e. The standard InChI is InChI=1S/C25H26N2O6/c1-31-20-13-22(33-3)21(32-2)11-15(20)16-12-23(29)27(18-9-6-10-19(28)24(16)18)17-8-5-4-7-14(17)25(26)30/h4-5,7-8,11,13,16H,6,9-10,12H2,1-3H3,(H2,26,30). The molecule has 0 aromatic heterocycles. The SMILES string of the molecule is COc1cc(OC)c(C2CC(=O)N(c3ccccc3C(N)=O)C3=C2C(=O)CCC3)cc1OC. The van der Waals surface area contributed by atoms with Gasteiger partial charge in [0.25, 0.3) is 5.91 Å². The highest BCUT2D eigenvalue weighted by Gasteiger charge is 2.41. The summed E-state index contributed by atoms with van der Waals surface area (Å²) in [5.41, 5.74) is 8.05. The van der Waals surface area contributed by atoms with E-state index in [2.05, 4.69) is 0 Å². The highest BCUT2D eigenvalue weighted by Crippen LogP contribution is 2.48. The fourth-order valence-corrected chi connectivity index (χ4v) is 4.74. The number of ether oxygens (including phenoxy) is 3. The van der Waals surface area contributed by atoms with Gasteiger partial charge < -0.3 is 19.9 Å². The molecule has 0 spiro atoms. The maximum absolute atomic E-state index is 13.5. The summed E-state index contributed by atoms with van der Waals surface area (Å²) in [6.45, 7) is 0. The van der Waals surface area contributed by atoms with E-state index in [1.165, 1.54) is 26.2 Å². The van der Waals surface area contributed by atoms with Gasteiger partial charge in [0.05, 0.1) is 32.6 Å². The lowest BCUT2D eigenvalue weighted by Gasteiger charge is -2.39. The van der Waals surface area contributed by atoms with Crippen molar-refractivity contribution < 1.29 is 28.6 Å². The summed E-state index contributed by atoms with van der Waals surface area (Å²) in [7, 11) is 4.59. The third kappa shape index (κ3) is 3.82. The zero-order valence-corrected chi connectivity index (χ0v) is 18.8. The molecule has 0 saturated carbocycles. The minimum atomic E-state index is -0.633. The van der Waals surface area contributed by atoms with Gasteiger partial charge in [0.15, 0.2) is 17.3 Å². The maximum atomic E-state index is 13.5. The minimum absolute atomic E-state index is 0.0212. The number of hydrogen-bond acceptors (Lipinski definition) is 6. The molecule has 8 nitrogen and oxygen atoms in total. The van der Waals surface area contributed by atoms with Crippen molar-refractivity contribution in [3.05, 3.63) is 58.8 Å². The minimum Gasteiger partial charge on any atom is -0.496 e. The first-order valence-electron chi connectivity index (χ1n) is 10.7. The van der Waals surface area contributed by atoms with Crippen LogP contribution in [0.15, 0.2) is 47.7 Å². The molecule has 172 valence electrons. The van der Waals surface area contributed by atoms with Crippen molar-refractivity contribution in [2.45, 2.75) is 31.6 Å². The number of rotatable bonds is 6. The predicted molar refractivity (Wildman–Crippen MR) is 122 cm³/mol. The van der Waals surface area contributed by atoms with E-state index < -0.39 is 11.8 Å². The highest BCUT2D eigenvalue weighted by molar-refractivity contribution is 6.10. The van der Waals surface area contributed by atoms with E-state index in [0.717, 1.165) is 0 Å². The number of hydrogen-bond donors (Lipinski definition) is 1. The van der Waals surface area contributed by atoms with Gasteiger partial charge in [0.1, 0.15) is 5.75 Å². The number of allylic oxidation sites excluding steroid dienone is 2. The van der Waals surface area contributed by atoms with E-state index in [-0.39, 0.29) is 23.7 Å². The van der Waals surface area contributed by atoms with E-state index in [4.69, 9.17) is 19.9 Å². The van der Waals surface area contributed by atoms with Gasteiger partial charge in [-0.25, -0.2) is 0 Å². The largest absolute Gasteiger partial charge is 0.496 e. The molecule has 1 heterocycles. The lowest BCUT2D eigenvalue weighted by molar-refractivity contribution is -0.119. The molecule has 4 rings (SSSR count). The van der Waals surface area contributed by atoms with Crippen molar-refractivity contribution in [2.24, 2.45) is 5.73 Å². The summed E-state index contributed by atoms with van der Waals surface area (Å²) < 4.78 is 16.4. The number of ketones is 1. The van der Waals surface area contributed by atoms with Gasteiger partial charge in [0.2, 0.25) is 5.91 Å². The van der Waals surface area contributed by atoms with E-state index in [0.29, 0.717) is 59.0 Å². The molecular weight excluding hydrogens is 424 g/mol. The van der Waals surface area contributed by atoms with Crippen LogP contribution in [0.3, 0.4) is 0 Å². The van der Waals surface area contributed by atoms with E-state index in [9.17, 15) is 14.4 Å². The third-order valence-electron chi connectivity index (χ3n) is 6.20. The number of carbonyl (C=O) groups excluding carboxylic acids is 3. The zero-order valence-electron chi connectivity index (χ0n) is 18.8. The van der Waals surface area contributed by atoms with Crippen LogP contribution < -0.4 is 24.8 Å². The molecule has 0 radical (unpaired) electrons. The molecule has 1 aliphatic heterocycles. The van der Waals surface area contributed by atoms with Crippen LogP contribution >= 0.6 is 0 Å². The monoisotopic (exact) mass is 450 g/mol. The van der Waals surface area contributed by atoms with Crippen LogP contribution in [0.2, 0.25) is 0 Å². The Labute approximate surface area is 191 Å². The molecule has 0 fully saturated rings. The molecule has 2 aromatic carbocycles. The number of primary amides is 1. The number of benzene rings is 2. The molecule has 1 aliphatic carbocycles. The number of Topliss-reactive ketones (excluding diaryl/α,β-unsaturated/α-hetero) is 1. The Bertz CT molecular complexity index is 1170.